The highest BCUT2D eigenvalue weighted by Crippen LogP contribution is 2.22. The SMILES string of the molecule is CC(C)(NC(=O)c1ccc(C(N)=S)cc1)c1nccs1. The summed E-state index contributed by atoms with van der Waals surface area (Å²) in [5.74, 6) is -0.153. The van der Waals surface area contributed by atoms with E-state index in [1.807, 2.05) is 19.2 Å². The minimum Gasteiger partial charge on any atom is -0.389 e. The largest absolute Gasteiger partial charge is 0.389 e. The third-order valence-corrected chi connectivity index (χ3v) is 4.16. The maximum Gasteiger partial charge on any atom is 0.252 e. The van der Waals surface area contributed by atoms with Crippen molar-refractivity contribution in [1.29, 1.82) is 0 Å². The summed E-state index contributed by atoms with van der Waals surface area (Å²) >= 11 is 6.40. The highest BCUT2D eigenvalue weighted by atomic mass is 32.1. The molecular formula is C14H15N3OS2. The molecule has 0 aliphatic carbocycles. The lowest BCUT2D eigenvalue weighted by Crippen LogP contribution is -2.40. The number of nitrogens with zero attached hydrogens (tertiary/aromatic N) is 1. The molecule has 6 heteroatoms. The van der Waals surface area contributed by atoms with Gasteiger partial charge in [0.05, 0.1) is 5.54 Å². The topological polar surface area (TPSA) is 68.0 Å². The van der Waals surface area contributed by atoms with Crippen molar-refractivity contribution in [1.82, 2.24) is 10.3 Å². The van der Waals surface area contributed by atoms with E-state index in [4.69, 9.17) is 18.0 Å². The molecule has 0 spiro atoms. The molecule has 2 aromatic rings. The monoisotopic (exact) mass is 305 g/mol. The number of thiazole rings is 1. The van der Waals surface area contributed by atoms with Crippen LogP contribution in [0.15, 0.2) is 35.8 Å². The second-order valence-corrected chi connectivity index (χ2v) is 6.19. The van der Waals surface area contributed by atoms with Crippen molar-refractivity contribution in [3.8, 4) is 0 Å². The van der Waals surface area contributed by atoms with Gasteiger partial charge in [-0.05, 0) is 26.0 Å². The molecule has 2 rings (SSSR count). The minimum atomic E-state index is -0.507. The van der Waals surface area contributed by atoms with E-state index in [0.717, 1.165) is 10.6 Å². The first-order valence-corrected chi connectivity index (χ1v) is 7.31. The first kappa shape index (κ1) is 14.6. The Morgan fingerprint density at radius 1 is 1.30 bits per heavy atom. The quantitative estimate of drug-likeness (QED) is 0.851. The van der Waals surface area contributed by atoms with Crippen molar-refractivity contribution < 1.29 is 4.79 Å². The van der Waals surface area contributed by atoms with Gasteiger partial charge in [0.1, 0.15) is 10.00 Å². The van der Waals surface area contributed by atoms with Gasteiger partial charge in [-0.1, -0.05) is 24.4 Å². The molecular weight excluding hydrogens is 290 g/mol. The van der Waals surface area contributed by atoms with Crippen LogP contribution in [0, 0.1) is 0 Å². The van der Waals surface area contributed by atoms with Gasteiger partial charge >= 0.3 is 0 Å². The van der Waals surface area contributed by atoms with E-state index in [2.05, 4.69) is 10.3 Å². The summed E-state index contributed by atoms with van der Waals surface area (Å²) in [5, 5.41) is 5.72. The average molecular weight is 305 g/mol. The molecule has 3 N–H and O–H groups in total. The van der Waals surface area contributed by atoms with Crippen LogP contribution >= 0.6 is 23.6 Å². The zero-order valence-corrected chi connectivity index (χ0v) is 12.8. The van der Waals surface area contributed by atoms with Gasteiger partial charge < -0.3 is 11.1 Å². The fourth-order valence-electron chi connectivity index (χ4n) is 1.73. The van der Waals surface area contributed by atoms with Crippen LogP contribution in [0.1, 0.15) is 34.8 Å². The van der Waals surface area contributed by atoms with Crippen molar-refractivity contribution >= 4 is 34.5 Å². The van der Waals surface area contributed by atoms with Crippen LogP contribution in [0.5, 0.6) is 0 Å². The number of nitrogens with two attached hydrogens (primary N) is 1. The van der Waals surface area contributed by atoms with E-state index in [-0.39, 0.29) is 5.91 Å². The standard InChI is InChI=1S/C14H15N3OS2/c1-14(2,13-16-7-8-20-13)17-12(18)10-5-3-9(4-6-10)11(15)19/h3-8H,1-2H3,(H2,15,19)(H,17,18). The number of nitrogens with one attached hydrogen (secondary N) is 1. The maximum absolute atomic E-state index is 12.2. The van der Waals surface area contributed by atoms with Crippen LogP contribution in [0.2, 0.25) is 0 Å². The Kier molecular flexibility index (Phi) is 4.15. The number of benzene rings is 1. The molecule has 0 radical (unpaired) electrons. The van der Waals surface area contributed by atoms with Crippen molar-refractivity contribution in [2.24, 2.45) is 5.73 Å². The van der Waals surface area contributed by atoms with E-state index in [1.165, 1.54) is 11.3 Å². The predicted octanol–water partition coefficient (Wildman–Crippen LogP) is 2.44. The molecule has 0 saturated heterocycles. The lowest BCUT2D eigenvalue weighted by atomic mass is 10.1. The minimum absolute atomic E-state index is 0.153. The lowest BCUT2D eigenvalue weighted by Gasteiger charge is -2.23. The van der Waals surface area contributed by atoms with Crippen LogP contribution in [-0.4, -0.2) is 15.9 Å². The van der Waals surface area contributed by atoms with E-state index < -0.39 is 5.54 Å². The molecule has 0 fully saturated rings. The van der Waals surface area contributed by atoms with E-state index >= 15 is 0 Å². The molecule has 104 valence electrons. The summed E-state index contributed by atoms with van der Waals surface area (Å²) in [4.78, 5) is 16.8. The second kappa shape index (κ2) is 5.68. The summed E-state index contributed by atoms with van der Waals surface area (Å²) in [6.07, 6.45) is 1.73. The predicted molar refractivity (Wildman–Crippen MR) is 84.9 cm³/mol. The first-order chi connectivity index (χ1) is 9.40. The average Bonchev–Trinajstić information content (AvgIpc) is 2.93. The molecule has 0 saturated carbocycles. The van der Waals surface area contributed by atoms with Gasteiger partial charge in [-0.15, -0.1) is 11.3 Å². The molecule has 4 nitrogen and oxygen atoms in total. The third-order valence-electron chi connectivity index (χ3n) is 2.82. The zero-order valence-electron chi connectivity index (χ0n) is 11.2. The summed E-state index contributed by atoms with van der Waals surface area (Å²) in [6.45, 7) is 3.85. The van der Waals surface area contributed by atoms with Crippen LogP contribution < -0.4 is 11.1 Å². The highest BCUT2D eigenvalue weighted by Gasteiger charge is 2.25. The number of thiocarbonyl (C=S) groups is 1. The van der Waals surface area contributed by atoms with Gasteiger partial charge in [-0.25, -0.2) is 4.98 Å². The Balaban J connectivity index is 2.14. The van der Waals surface area contributed by atoms with Gasteiger partial charge in [-0.2, -0.15) is 0 Å². The summed E-state index contributed by atoms with van der Waals surface area (Å²) in [7, 11) is 0. The van der Waals surface area contributed by atoms with Gasteiger partial charge in [0.2, 0.25) is 0 Å². The number of rotatable bonds is 4. The Bertz CT molecular complexity index is 618. The Hall–Kier alpha value is -1.79. The maximum atomic E-state index is 12.2. The Morgan fingerprint density at radius 3 is 2.40 bits per heavy atom. The third kappa shape index (κ3) is 3.20. The Morgan fingerprint density at radius 2 is 1.90 bits per heavy atom. The smallest absolute Gasteiger partial charge is 0.252 e. The number of carbonyl (C=O) groups is 1. The summed E-state index contributed by atoms with van der Waals surface area (Å²) in [6, 6.07) is 6.91. The molecule has 0 unspecified atom stereocenters. The van der Waals surface area contributed by atoms with Crippen LogP contribution in [0.25, 0.3) is 0 Å². The summed E-state index contributed by atoms with van der Waals surface area (Å²) in [5.41, 5.74) is 6.33. The van der Waals surface area contributed by atoms with Crippen LogP contribution in [-0.2, 0) is 5.54 Å². The van der Waals surface area contributed by atoms with Crippen molar-refractivity contribution in [3.63, 3.8) is 0 Å². The molecule has 20 heavy (non-hydrogen) atoms. The van der Waals surface area contributed by atoms with Crippen molar-refractivity contribution in [3.05, 3.63) is 52.0 Å². The van der Waals surface area contributed by atoms with Gasteiger partial charge in [-0.3, -0.25) is 4.79 Å². The molecule has 0 aliphatic rings. The molecule has 0 atom stereocenters. The number of hydrogen-bond acceptors (Lipinski definition) is 4. The molecule has 0 bridgehead atoms. The molecule has 1 heterocycles. The Labute approximate surface area is 127 Å². The fourth-order valence-corrected chi connectivity index (χ4v) is 2.58. The van der Waals surface area contributed by atoms with Gasteiger partial charge in [0.15, 0.2) is 0 Å². The fraction of sp³-hybridized carbons (Fsp3) is 0.214. The lowest BCUT2D eigenvalue weighted by molar-refractivity contribution is 0.0912. The molecule has 1 amide bonds. The normalized spacial score (nSPS) is 11.1. The second-order valence-electron chi connectivity index (χ2n) is 4.86. The highest BCUT2D eigenvalue weighted by molar-refractivity contribution is 7.80. The van der Waals surface area contributed by atoms with E-state index in [1.54, 1.807) is 30.5 Å². The number of amides is 1. The number of aromatic nitrogens is 1. The number of carbonyl (C=O) groups excluding carboxylic acids is 1. The van der Waals surface area contributed by atoms with Crippen LogP contribution in [0.3, 0.4) is 0 Å². The number of hydrogen-bond donors (Lipinski definition) is 2. The van der Waals surface area contributed by atoms with Gasteiger partial charge in [0.25, 0.3) is 5.91 Å². The molecule has 0 aliphatic heterocycles. The first-order valence-electron chi connectivity index (χ1n) is 6.02. The van der Waals surface area contributed by atoms with E-state index in [9.17, 15) is 4.79 Å². The molecule has 1 aromatic heterocycles. The summed E-state index contributed by atoms with van der Waals surface area (Å²) < 4.78 is 0. The zero-order chi connectivity index (χ0) is 14.8. The van der Waals surface area contributed by atoms with Gasteiger partial charge in [0, 0.05) is 22.7 Å². The van der Waals surface area contributed by atoms with Crippen molar-refractivity contribution in [2.75, 3.05) is 0 Å². The van der Waals surface area contributed by atoms with Crippen molar-refractivity contribution in [2.45, 2.75) is 19.4 Å². The molecule has 1 aromatic carbocycles. The van der Waals surface area contributed by atoms with Crippen LogP contribution in [0.4, 0.5) is 0 Å². The van der Waals surface area contributed by atoms with E-state index in [0.29, 0.717) is 10.6 Å².